The van der Waals surface area contributed by atoms with E-state index >= 15 is 0 Å². The number of aryl methyl sites for hydroxylation is 1. The standard InChI is InChI=1S/C19H14ClN3O2/c1-11-6-7-13(9-16(11)20)23-19(25)15(18(24)22-23)8-12-10-21-17-5-3-2-4-14(12)17/h2-10,25H,1H3,(H,22,24). The van der Waals surface area contributed by atoms with E-state index in [1.165, 1.54) is 4.68 Å². The fraction of sp³-hybridized carbons (Fsp3) is 0.0526. The van der Waals surface area contributed by atoms with Crippen LogP contribution in [0.4, 0.5) is 5.69 Å². The molecule has 6 heteroatoms. The van der Waals surface area contributed by atoms with E-state index in [0.717, 1.165) is 22.4 Å². The second-order valence-electron chi connectivity index (χ2n) is 5.82. The summed E-state index contributed by atoms with van der Waals surface area (Å²) in [5, 5.41) is 13.7. The summed E-state index contributed by atoms with van der Waals surface area (Å²) in [6.45, 7) is 1.89. The Balaban J connectivity index is 1.82. The molecule has 1 aliphatic heterocycles. The molecule has 0 saturated heterocycles. The molecule has 0 unspecified atom stereocenters. The Bertz CT molecular complexity index is 1110. The quantitative estimate of drug-likeness (QED) is 0.730. The molecule has 1 aromatic heterocycles. The summed E-state index contributed by atoms with van der Waals surface area (Å²) < 4.78 is 1.32. The van der Waals surface area contributed by atoms with Crippen LogP contribution in [0.3, 0.4) is 0 Å². The molecule has 0 radical (unpaired) electrons. The Hall–Kier alpha value is -3.05. The van der Waals surface area contributed by atoms with Gasteiger partial charge < -0.3 is 5.11 Å². The Morgan fingerprint density at radius 1 is 1.24 bits per heavy atom. The van der Waals surface area contributed by atoms with Crippen LogP contribution < -0.4 is 5.56 Å². The van der Waals surface area contributed by atoms with E-state index in [9.17, 15) is 9.90 Å². The van der Waals surface area contributed by atoms with E-state index in [0.29, 0.717) is 10.7 Å². The lowest BCUT2D eigenvalue weighted by Gasteiger charge is -2.06. The molecule has 0 saturated carbocycles. The molecule has 124 valence electrons. The highest BCUT2D eigenvalue weighted by atomic mass is 35.5. The Kier molecular flexibility index (Phi) is 3.58. The van der Waals surface area contributed by atoms with Gasteiger partial charge in [0.25, 0.3) is 5.56 Å². The molecule has 3 aromatic rings. The highest BCUT2D eigenvalue weighted by Gasteiger charge is 2.17. The summed E-state index contributed by atoms with van der Waals surface area (Å²) in [4.78, 5) is 16.6. The van der Waals surface area contributed by atoms with Gasteiger partial charge in [-0.1, -0.05) is 35.9 Å². The van der Waals surface area contributed by atoms with E-state index in [1.807, 2.05) is 37.3 Å². The van der Waals surface area contributed by atoms with Crippen molar-refractivity contribution < 1.29 is 5.11 Å². The first-order valence-electron chi connectivity index (χ1n) is 7.70. The summed E-state index contributed by atoms with van der Waals surface area (Å²) in [6.07, 6.45) is 3.32. The molecule has 0 aliphatic carbocycles. The van der Waals surface area contributed by atoms with Gasteiger partial charge in [-0.3, -0.25) is 14.9 Å². The van der Waals surface area contributed by atoms with Crippen molar-refractivity contribution in [3.63, 3.8) is 0 Å². The van der Waals surface area contributed by atoms with Gasteiger partial charge in [-0.15, -0.1) is 0 Å². The number of aliphatic imine (C=N–C) groups is 1. The fourth-order valence-electron chi connectivity index (χ4n) is 2.78. The molecule has 2 heterocycles. The van der Waals surface area contributed by atoms with E-state index in [-0.39, 0.29) is 17.0 Å². The van der Waals surface area contributed by atoms with Crippen LogP contribution in [-0.2, 0) is 0 Å². The number of H-pyrrole nitrogens is 1. The molecule has 0 spiro atoms. The number of aromatic nitrogens is 2. The maximum absolute atomic E-state index is 12.3. The first kappa shape index (κ1) is 15.5. The smallest absolute Gasteiger partial charge is 0.275 e. The monoisotopic (exact) mass is 351 g/mol. The molecule has 1 aliphatic rings. The number of nitrogens with one attached hydrogen (secondary N) is 1. The molecular weight excluding hydrogens is 338 g/mol. The average molecular weight is 352 g/mol. The number of hydrogen-bond acceptors (Lipinski definition) is 3. The minimum Gasteiger partial charge on any atom is -0.493 e. The summed E-state index contributed by atoms with van der Waals surface area (Å²) in [5.41, 5.74) is 3.82. The van der Waals surface area contributed by atoms with Crippen LogP contribution in [0.5, 0.6) is 5.88 Å². The van der Waals surface area contributed by atoms with Crippen molar-refractivity contribution in [3.8, 4) is 11.6 Å². The molecule has 5 nitrogen and oxygen atoms in total. The van der Waals surface area contributed by atoms with E-state index in [4.69, 9.17) is 11.6 Å². The van der Waals surface area contributed by atoms with Crippen molar-refractivity contribution in [2.45, 2.75) is 6.92 Å². The average Bonchev–Trinajstić information content (AvgIpc) is 3.14. The van der Waals surface area contributed by atoms with Crippen LogP contribution in [0, 0.1) is 6.92 Å². The number of benzene rings is 2. The molecule has 4 rings (SSSR count). The van der Waals surface area contributed by atoms with Gasteiger partial charge in [0, 0.05) is 22.4 Å². The predicted molar refractivity (Wildman–Crippen MR) is 100 cm³/mol. The van der Waals surface area contributed by atoms with Gasteiger partial charge in [-0.2, -0.15) is 0 Å². The van der Waals surface area contributed by atoms with Crippen LogP contribution in [0.2, 0.25) is 5.02 Å². The molecule has 25 heavy (non-hydrogen) atoms. The van der Waals surface area contributed by atoms with Crippen LogP contribution >= 0.6 is 11.6 Å². The third-order valence-corrected chi connectivity index (χ3v) is 4.59. The minimum atomic E-state index is -0.389. The summed E-state index contributed by atoms with van der Waals surface area (Å²) in [7, 11) is 0. The molecule has 0 fully saturated rings. The number of aromatic amines is 1. The maximum atomic E-state index is 12.3. The Morgan fingerprint density at radius 2 is 2.04 bits per heavy atom. The van der Waals surface area contributed by atoms with Gasteiger partial charge in [-0.25, -0.2) is 4.68 Å². The minimum absolute atomic E-state index is 0.171. The number of hydrogen-bond donors (Lipinski definition) is 2. The molecule has 0 bridgehead atoms. The first-order chi connectivity index (χ1) is 12.0. The lowest BCUT2D eigenvalue weighted by Crippen LogP contribution is -2.05. The lowest BCUT2D eigenvalue weighted by atomic mass is 10.1. The van der Waals surface area contributed by atoms with Crippen molar-refractivity contribution in [2.24, 2.45) is 4.99 Å². The van der Waals surface area contributed by atoms with Crippen LogP contribution in [0.1, 0.15) is 16.7 Å². The highest BCUT2D eigenvalue weighted by Crippen LogP contribution is 2.33. The summed E-state index contributed by atoms with van der Waals surface area (Å²) in [5.74, 6) is -0.171. The lowest BCUT2D eigenvalue weighted by molar-refractivity contribution is 0.432. The normalized spacial score (nSPS) is 14.2. The van der Waals surface area contributed by atoms with Gasteiger partial charge in [0.15, 0.2) is 0 Å². The summed E-state index contributed by atoms with van der Waals surface area (Å²) >= 11 is 6.14. The number of allylic oxidation sites excluding steroid dienone is 1. The van der Waals surface area contributed by atoms with Crippen LogP contribution in [0.15, 0.2) is 52.3 Å². The first-order valence-corrected chi connectivity index (χ1v) is 8.08. The van der Waals surface area contributed by atoms with Crippen molar-refractivity contribution in [3.05, 3.63) is 74.5 Å². The van der Waals surface area contributed by atoms with Crippen molar-refractivity contribution in [2.75, 3.05) is 0 Å². The van der Waals surface area contributed by atoms with Gasteiger partial charge in [-0.05, 0) is 36.8 Å². The number of fused-ring (bicyclic) bond motifs is 1. The van der Waals surface area contributed by atoms with Crippen LogP contribution in [0.25, 0.3) is 17.3 Å². The number of nitrogens with zero attached hydrogens (tertiary/aromatic N) is 2. The van der Waals surface area contributed by atoms with Crippen molar-refractivity contribution in [1.82, 2.24) is 9.78 Å². The zero-order chi connectivity index (χ0) is 17.6. The molecule has 2 N–H and O–H groups in total. The van der Waals surface area contributed by atoms with E-state index in [1.54, 1.807) is 24.4 Å². The maximum Gasteiger partial charge on any atom is 0.275 e. The second kappa shape index (κ2) is 5.79. The Labute approximate surface area is 148 Å². The SMILES string of the molecule is Cc1ccc(-n2[nH]c(=O)c(C=C3C=Nc4ccccc43)c2O)cc1Cl. The zero-order valence-electron chi connectivity index (χ0n) is 13.3. The highest BCUT2D eigenvalue weighted by molar-refractivity contribution is 6.31. The Morgan fingerprint density at radius 3 is 2.84 bits per heavy atom. The second-order valence-corrected chi connectivity index (χ2v) is 6.23. The van der Waals surface area contributed by atoms with Gasteiger partial charge in [0.1, 0.15) is 5.56 Å². The van der Waals surface area contributed by atoms with E-state index in [2.05, 4.69) is 10.1 Å². The molecule has 0 atom stereocenters. The van der Waals surface area contributed by atoms with E-state index < -0.39 is 0 Å². The molecule has 2 aromatic carbocycles. The topological polar surface area (TPSA) is 70.4 Å². The van der Waals surface area contributed by atoms with Gasteiger partial charge in [0.05, 0.1) is 11.4 Å². The zero-order valence-corrected chi connectivity index (χ0v) is 14.1. The van der Waals surface area contributed by atoms with Crippen molar-refractivity contribution >= 4 is 35.2 Å². The van der Waals surface area contributed by atoms with Crippen LogP contribution in [-0.4, -0.2) is 21.1 Å². The van der Waals surface area contributed by atoms with Gasteiger partial charge >= 0.3 is 0 Å². The van der Waals surface area contributed by atoms with Crippen molar-refractivity contribution in [1.29, 1.82) is 0 Å². The number of para-hydroxylation sites is 1. The third kappa shape index (κ3) is 2.58. The summed E-state index contributed by atoms with van der Waals surface area (Å²) in [6, 6.07) is 12.9. The molecule has 0 amide bonds. The van der Waals surface area contributed by atoms with Gasteiger partial charge in [0.2, 0.25) is 5.88 Å². The largest absolute Gasteiger partial charge is 0.493 e. The number of rotatable bonds is 2. The fourth-order valence-corrected chi connectivity index (χ4v) is 2.96. The molecular formula is C19H14ClN3O2. The predicted octanol–water partition coefficient (Wildman–Crippen LogP) is 4.09. The number of halogens is 1. The third-order valence-electron chi connectivity index (χ3n) is 4.18. The number of aromatic hydroxyl groups is 1.